The molecule has 0 unspecified atom stereocenters. The molecule has 1 atom stereocenters. The number of nitrogens with one attached hydrogen (secondary N) is 3. The van der Waals surface area contributed by atoms with Crippen LogP contribution in [0.1, 0.15) is 28.8 Å². The van der Waals surface area contributed by atoms with Crippen molar-refractivity contribution in [2.75, 3.05) is 11.1 Å². The molecule has 2 aromatic heterocycles. The number of anilines is 2. The first-order chi connectivity index (χ1) is 15.2. The molecule has 3 rings (SSSR count). The molecule has 0 fully saturated rings. The third kappa shape index (κ3) is 5.56. The fourth-order valence-corrected chi connectivity index (χ4v) is 2.89. The molecule has 0 aliphatic carbocycles. The highest BCUT2D eigenvalue weighted by Gasteiger charge is 2.21. The first kappa shape index (κ1) is 22.2. The second-order valence-corrected chi connectivity index (χ2v) is 6.89. The third-order valence-corrected chi connectivity index (χ3v) is 4.53. The van der Waals surface area contributed by atoms with E-state index in [0.717, 1.165) is 5.56 Å². The number of hydrogen-bond donors (Lipinski definition) is 6. The van der Waals surface area contributed by atoms with E-state index < -0.39 is 23.9 Å². The maximum absolute atomic E-state index is 12.3. The highest BCUT2D eigenvalue weighted by atomic mass is 16.4. The number of aromatic amines is 1. The van der Waals surface area contributed by atoms with Gasteiger partial charge >= 0.3 is 11.9 Å². The van der Waals surface area contributed by atoms with Gasteiger partial charge in [-0.05, 0) is 42.3 Å². The summed E-state index contributed by atoms with van der Waals surface area (Å²) in [5.74, 6) is -3.09. The number of carboxylic acid groups (broad SMARTS) is 2. The SMILES string of the molecule is Nc1nc2ncc(CNc3ccc(C(=O)N[C@@H](CCC(=O)O)C(=O)O)cc3)cc2c(=O)[nH]1. The Kier molecular flexibility index (Phi) is 6.63. The van der Waals surface area contributed by atoms with E-state index in [-0.39, 0.29) is 35.6 Å². The fourth-order valence-electron chi connectivity index (χ4n) is 2.89. The molecule has 0 aliphatic rings. The Morgan fingerprint density at radius 1 is 1.16 bits per heavy atom. The largest absolute Gasteiger partial charge is 0.481 e. The second kappa shape index (κ2) is 9.55. The second-order valence-electron chi connectivity index (χ2n) is 6.89. The third-order valence-electron chi connectivity index (χ3n) is 4.53. The van der Waals surface area contributed by atoms with Crippen molar-refractivity contribution in [1.29, 1.82) is 0 Å². The first-order valence-corrected chi connectivity index (χ1v) is 9.47. The normalized spacial score (nSPS) is 11.6. The molecular formula is C20H20N6O6. The molecular weight excluding hydrogens is 420 g/mol. The number of nitrogen functional groups attached to an aromatic ring is 1. The van der Waals surface area contributed by atoms with Crippen LogP contribution in [0.4, 0.5) is 11.6 Å². The summed E-state index contributed by atoms with van der Waals surface area (Å²) >= 11 is 0. The summed E-state index contributed by atoms with van der Waals surface area (Å²) in [7, 11) is 0. The molecule has 12 nitrogen and oxygen atoms in total. The van der Waals surface area contributed by atoms with Crippen LogP contribution in [-0.4, -0.2) is 49.1 Å². The van der Waals surface area contributed by atoms with Gasteiger partial charge in [0, 0.05) is 30.4 Å². The van der Waals surface area contributed by atoms with Crippen molar-refractivity contribution in [3.05, 3.63) is 58.0 Å². The number of carbonyl (C=O) groups excluding carboxylic acids is 1. The lowest BCUT2D eigenvalue weighted by molar-refractivity contribution is -0.140. The van der Waals surface area contributed by atoms with Gasteiger partial charge in [-0.15, -0.1) is 0 Å². The standard InChI is InChI=1S/C20H20N6O6/c21-20-25-16-13(18(30)26-20)7-10(9-23-16)8-22-12-3-1-11(2-4-12)17(29)24-14(19(31)32)5-6-15(27)28/h1-4,7,9,14,22H,5-6,8H2,(H,24,29)(H,27,28)(H,31,32)(H3,21,23,25,26,30)/t14-/m0/s1. The Balaban J connectivity index is 1.62. The van der Waals surface area contributed by atoms with Gasteiger partial charge in [0.2, 0.25) is 5.95 Å². The number of H-pyrrole nitrogens is 1. The van der Waals surface area contributed by atoms with Gasteiger partial charge in [0.25, 0.3) is 11.5 Å². The lowest BCUT2D eigenvalue weighted by Gasteiger charge is -2.14. The van der Waals surface area contributed by atoms with E-state index in [4.69, 9.17) is 15.9 Å². The number of nitrogens with zero attached hydrogens (tertiary/aromatic N) is 2. The van der Waals surface area contributed by atoms with Gasteiger partial charge < -0.3 is 26.6 Å². The lowest BCUT2D eigenvalue weighted by Crippen LogP contribution is -2.41. The Morgan fingerprint density at radius 3 is 2.53 bits per heavy atom. The topological polar surface area (TPSA) is 200 Å². The van der Waals surface area contributed by atoms with Gasteiger partial charge in [-0.2, -0.15) is 4.98 Å². The van der Waals surface area contributed by atoms with Crippen LogP contribution in [0.15, 0.2) is 41.3 Å². The summed E-state index contributed by atoms with van der Waals surface area (Å²) in [5, 5.41) is 23.6. The summed E-state index contributed by atoms with van der Waals surface area (Å²) in [6.45, 7) is 0.342. The van der Waals surface area contributed by atoms with E-state index in [1.54, 1.807) is 24.4 Å². The molecule has 7 N–H and O–H groups in total. The van der Waals surface area contributed by atoms with Crippen molar-refractivity contribution in [3.8, 4) is 0 Å². The molecule has 166 valence electrons. The van der Waals surface area contributed by atoms with Gasteiger partial charge in [-0.3, -0.25) is 19.4 Å². The van der Waals surface area contributed by atoms with Crippen LogP contribution in [0.2, 0.25) is 0 Å². The smallest absolute Gasteiger partial charge is 0.326 e. The minimum Gasteiger partial charge on any atom is -0.481 e. The number of benzene rings is 1. The van der Waals surface area contributed by atoms with E-state index in [1.165, 1.54) is 12.1 Å². The number of carbonyl (C=O) groups is 3. The average Bonchev–Trinajstić information content (AvgIpc) is 2.75. The van der Waals surface area contributed by atoms with Crippen LogP contribution in [0.5, 0.6) is 0 Å². The molecule has 0 saturated heterocycles. The number of rotatable bonds is 9. The molecule has 0 saturated carbocycles. The van der Waals surface area contributed by atoms with Crippen LogP contribution in [0.3, 0.4) is 0 Å². The van der Waals surface area contributed by atoms with E-state index in [1.807, 2.05) is 0 Å². The Hall–Kier alpha value is -4.48. The van der Waals surface area contributed by atoms with Crippen LogP contribution in [-0.2, 0) is 16.1 Å². The maximum Gasteiger partial charge on any atom is 0.326 e. The number of hydrogen-bond acceptors (Lipinski definition) is 8. The average molecular weight is 440 g/mol. The van der Waals surface area contributed by atoms with Crippen LogP contribution >= 0.6 is 0 Å². The zero-order valence-electron chi connectivity index (χ0n) is 16.7. The summed E-state index contributed by atoms with van der Waals surface area (Å²) in [5.41, 5.74) is 6.97. The fraction of sp³-hybridized carbons (Fsp3) is 0.200. The van der Waals surface area contributed by atoms with Crippen molar-refractivity contribution in [2.24, 2.45) is 0 Å². The predicted molar refractivity (Wildman–Crippen MR) is 114 cm³/mol. The molecule has 0 aliphatic heterocycles. The molecule has 0 bridgehead atoms. The molecule has 3 aromatic rings. The molecule has 1 aromatic carbocycles. The molecule has 2 heterocycles. The van der Waals surface area contributed by atoms with Crippen molar-refractivity contribution in [3.63, 3.8) is 0 Å². The van der Waals surface area contributed by atoms with Gasteiger partial charge in [-0.25, -0.2) is 9.78 Å². The van der Waals surface area contributed by atoms with E-state index in [0.29, 0.717) is 17.6 Å². The molecule has 1 amide bonds. The zero-order valence-corrected chi connectivity index (χ0v) is 16.7. The highest BCUT2D eigenvalue weighted by Crippen LogP contribution is 2.13. The number of fused-ring (bicyclic) bond motifs is 1. The van der Waals surface area contributed by atoms with Gasteiger partial charge in [-0.1, -0.05) is 0 Å². The molecule has 0 radical (unpaired) electrons. The van der Waals surface area contributed by atoms with Crippen molar-refractivity contribution >= 4 is 40.5 Å². The van der Waals surface area contributed by atoms with Gasteiger partial charge in [0.05, 0.1) is 5.39 Å². The van der Waals surface area contributed by atoms with Gasteiger partial charge in [0.1, 0.15) is 6.04 Å². The molecule has 0 spiro atoms. The number of carboxylic acids is 2. The number of nitrogens with two attached hydrogens (primary N) is 1. The lowest BCUT2D eigenvalue weighted by atomic mass is 10.1. The number of amides is 1. The Morgan fingerprint density at radius 2 is 1.88 bits per heavy atom. The van der Waals surface area contributed by atoms with Gasteiger partial charge in [0.15, 0.2) is 5.65 Å². The van der Waals surface area contributed by atoms with E-state index >= 15 is 0 Å². The van der Waals surface area contributed by atoms with Crippen LogP contribution in [0, 0.1) is 0 Å². The molecule has 12 heteroatoms. The minimum atomic E-state index is -1.31. The minimum absolute atomic E-state index is 0.0124. The molecule has 32 heavy (non-hydrogen) atoms. The maximum atomic E-state index is 12.3. The Bertz CT molecular complexity index is 1220. The first-order valence-electron chi connectivity index (χ1n) is 9.47. The predicted octanol–water partition coefficient (Wildman–Crippen LogP) is 0.560. The monoisotopic (exact) mass is 440 g/mol. The highest BCUT2D eigenvalue weighted by molar-refractivity contribution is 5.97. The van der Waals surface area contributed by atoms with Crippen molar-refractivity contribution in [1.82, 2.24) is 20.3 Å². The van der Waals surface area contributed by atoms with Crippen molar-refractivity contribution in [2.45, 2.75) is 25.4 Å². The summed E-state index contributed by atoms with van der Waals surface area (Å²) in [6.07, 6.45) is 0.964. The summed E-state index contributed by atoms with van der Waals surface area (Å²) < 4.78 is 0. The van der Waals surface area contributed by atoms with Crippen molar-refractivity contribution < 1.29 is 24.6 Å². The van der Waals surface area contributed by atoms with Crippen LogP contribution < -0.4 is 21.9 Å². The Labute approximate surface area is 180 Å². The van der Waals surface area contributed by atoms with E-state index in [2.05, 4.69) is 25.6 Å². The summed E-state index contributed by atoms with van der Waals surface area (Å²) in [6, 6.07) is 6.61. The number of pyridine rings is 1. The zero-order chi connectivity index (χ0) is 23.3. The number of aliphatic carboxylic acids is 2. The van der Waals surface area contributed by atoms with E-state index in [9.17, 15) is 19.2 Å². The van der Waals surface area contributed by atoms with Crippen LogP contribution in [0.25, 0.3) is 11.0 Å². The number of aromatic nitrogens is 3. The quantitative estimate of drug-likeness (QED) is 0.273. The summed E-state index contributed by atoms with van der Waals surface area (Å²) in [4.78, 5) is 56.6.